The number of carbonyl (C=O) groups is 1. The van der Waals surface area contributed by atoms with Crippen molar-refractivity contribution in [1.29, 1.82) is 0 Å². The molecular formula is C11H13N2O+. The number of hydrogen-bond acceptors (Lipinski definition) is 1. The fraction of sp³-hybridized carbons (Fsp3) is 0.273. The maximum absolute atomic E-state index is 11.1. The molecule has 0 aliphatic heterocycles. The summed E-state index contributed by atoms with van der Waals surface area (Å²) in [5.41, 5.74) is 1.07. The maximum atomic E-state index is 11.1. The van der Waals surface area contributed by atoms with Crippen LogP contribution < -0.4 is 5.32 Å². The number of benzene rings is 1. The van der Waals surface area contributed by atoms with Crippen LogP contribution in [0.15, 0.2) is 30.3 Å². The summed E-state index contributed by atoms with van der Waals surface area (Å²) < 4.78 is 0. The van der Waals surface area contributed by atoms with Crippen molar-refractivity contribution in [2.45, 2.75) is 13.0 Å². The van der Waals surface area contributed by atoms with E-state index in [9.17, 15) is 4.79 Å². The van der Waals surface area contributed by atoms with Gasteiger partial charge in [0.1, 0.15) is 0 Å². The van der Waals surface area contributed by atoms with Gasteiger partial charge in [-0.05, 0) is 12.5 Å². The van der Waals surface area contributed by atoms with Crippen LogP contribution in [0.4, 0.5) is 0 Å². The number of nitrogens with one attached hydrogen (secondary N) is 1. The molecule has 0 aliphatic rings. The van der Waals surface area contributed by atoms with E-state index in [1.54, 1.807) is 0 Å². The Balaban J connectivity index is 2.56. The molecule has 1 N–H and O–H groups in total. The van der Waals surface area contributed by atoms with Gasteiger partial charge in [0, 0.05) is 0 Å². The summed E-state index contributed by atoms with van der Waals surface area (Å²) in [6, 6.07) is 9.73. The van der Waals surface area contributed by atoms with Crippen LogP contribution >= 0.6 is 0 Å². The SMILES string of the molecule is C#[N+]CC(=O)N[C@@H](C)c1ccccc1. The number of carbonyl (C=O) groups excluding carboxylic acids is 1. The van der Waals surface area contributed by atoms with E-state index in [0.717, 1.165) is 5.56 Å². The summed E-state index contributed by atoms with van der Waals surface area (Å²) >= 11 is 0. The molecule has 14 heavy (non-hydrogen) atoms. The van der Waals surface area contributed by atoms with E-state index >= 15 is 0 Å². The standard InChI is InChI=1S/C11H12N2O/c1-9(13-11(14)8-12-2)10-6-4-3-5-7-10/h2-7,9H,8H2,1H3/p+1/t9-/m0/s1. The second-order valence-electron chi connectivity index (χ2n) is 3.04. The molecule has 0 heterocycles. The van der Waals surface area contributed by atoms with E-state index in [1.165, 1.54) is 0 Å². The molecule has 1 aromatic carbocycles. The Morgan fingerprint density at radius 3 is 2.71 bits per heavy atom. The Labute approximate surface area is 83.6 Å². The van der Waals surface area contributed by atoms with Crippen LogP contribution in [-0.4, -0.2) is 12.5 Å². The third-order valence-electron chi connectivity index (χ3n) is 1.91. The third-order valence-corrected chi connectivity index (χ3v) is 1.91. The Morgan fingerprint density at radius 1 is 1.50 bits per heavy atom. The summed E-state index contributed by atoms with van der Waals surface area (Å²) in [7, 11) is 0. The van der Waals surface area contributed by atoms with Crippen molar-refractivity contribution in [3.63, 3.8) is 0 Å². The van der Waals surface area contributed by atoms with Gasteiger partial charge in [0.05, 0.1) is 6.04 Å². The van der Waals surface area contributed by atoms with Crippen molar-refractivity contribution in [3.05, 3.63) is 40.7 Å². The lowest BCUT2D eigenvalue weighted by Crippen LogP contribution is -2.28. The molecule has 3 nitrogen and oxygen atoms in total. The number of rotatable bonds is 3. The summed E-state index contributed by atoms with van der Waals surface area (Å²) in [5.74, 6) is -0.163. The molecule has 72 valence electrons. The maximum Gasteiger partial charge on any atom is 0.339 e. The van der Waals surface area contributed by atoms with E-state index in [4.69, 9.17) is 6.57 Å². The van der Waals surface area contributed by atoms with Crippen LogP contribution in [0.25, 0.3) is 4.85 Å². The van der Waals surface area contributed by atoms with Crippen LogP contribution in [0, 0.1) is 6.57 Å². The molecule has 0 aliphatic carbocycles. The topological polar surface area (TPSA) is 33.5 Å². The van der Waals surface area contributed by atoms with E-state index < -0.39 is 0 Å². The second-order valence-corrected chi connectivity index (χ2v) is 3.04. The highest BCUT2D eigenvalue weighted by Gasteiger charge is 2.11. The fourth-order valence-electron chi connectivity index (χ4n) is 1.20. The highest BCUT2D eigenvalue weighted by Crippen LogP contribution is 2.10. The van der Waals surface area contributed by atoms with Gasteiger partial charge in [-0.2, -0.15) is 0 Å². The first-order valence-electron chi connectivity index (χ1n) is 4.45. The van der Waals surface area contributed by atoms with Crippen LogP contribution in [-0.2, 0) is 4.79 Å². The minimum atomic E-state index is -0.163. The Kier molecular flexibility index (Phi) is 3.69. The summed E-state index contributed by atoms with van der Waals surface area (Å²) in [6.07, 6.45) is 0. The lowest BCUT2D eigenvalue weighted by atomic mass is 10.1. The molecule has 0 saturated carbocycles. The first kappa shape index (κ1) is 10.3. The van der Waals surface area contributed by atoms with Gasteiger partial charge >= 0.3 is 12.5 Å². The minimum Gasteiger partial charge on any atom is -0.343 e. The van der Waals surface area contributed by atoms with Crippen LogP contribution in [0.5, 0.6) is 0 Å². The summed E-state index contributed by atoms with van der Waals surface area (Å²) in [4.78, 5) is 14.4. The van der Waals surface area contributed by atoms with Crippen molar-refractivity contribution in [2.24, 2.45) is 0 Å². The number of nitrogens with zero attached hydrogens (tertiary/aromatic N) is 1. The van der Waals surface area contributed by atoms with E-state index in [2.05, 4.69) is 10.2 Å². The van der Waals surface area contributed by atoms with E-state index in [-0.39, 0.29) is 18.5 Å². The fourth-order valence-corrected chi connectivity index (χ4v) is 1.20. The van der Waals surface area contributed by atoms with Gasteiger partial charge in [0.15, 0.2) is 0 Å². The molecule has 1 rings (SSSR count). The first-order chi connectivity index (χ1) is 6.74. The van der Waals surface area contributed by atoms with Gasteiger partial charge < -0.3 is 5.32 Å². The third kappa shape index (κ3) is 2.91. The monoisotopic (exact) mass is 189 g/mol. The van der Waals surface area contributed by atoms with Crippen molar-refractivity contribution >= 4 is 5.91 Å². The molecule has 1 aromatic rings. The van der Waals surface area contributed by atoms with E-state index in [1.807, 2.05) is 37.3 Å². The summed E-state index contributed by atoms with van der Waals surface area (Å²) in [5, 5.41) is 2.78. The largest absolute Gasteiger partial charge is 0.343 e. The molecule has 0 aromatic heterocycles. The van der Waals surface area contributed by atoms with Crippen molar-refractivity contribution in [3.8, 4) is 6.57 Å². The van der Waals surface area contributed by atoms with Crippen molar-refractivity contribution in [2.75, 3.05) is 6.54 Å². The number of hydrogen-bond donors (Lipinski definition) is 1. The van der Waals surface area contributed by atoms with Crippen molar-refractivity contribution < 1.29 is 4.79 Å². The number of amides is 1. The molecule has 0 radical (unpaired) electrons. The zero-order valence-electron chi connectivity index (χ0n) is 8.10. The molecule has 0 spiro atoms. The second kappa shape index (κ2) is 5.03. The van der Waals surface area contributed by atoms with E-state index in [0.29, 0.717) is 0 Å². The average molecular weight is 189 g/mol. The molecule has 0 fully saturated rings. The van der Waals surface area contributed by atoms with Crippen LogP contribution in [0.1, 0.15) is 18.5 Å². The Hall–Kier alpha value is -1.82. The average Bonchev–Trinajstić information content (AvgIpc) is 2.19. The highest BCUT2D eigenvalue weighted by atomic mass is 16.1. The Morgan fingerprint density at radius 2 is 2.14 bits per heavy atom. The highest BCUT2D eigenvalue weighted by molar-refractivity contribution is 5.79. The minimum absolute atomic E-state index is 0.00884. The van der Waals surface area contributed by atoms with Gasteiger partial charge in [-0.1, -0.05) is 35.2 Å². The zero-order valence-corrected chi connectivity index (χ0v) is 8.10. The lowest BCUT2D eigenvalue weighted by molar-refractivity contribution is -0.119. The summed E-state index contributed by atoms with van der Waals surface area (Å²) in [6.45, 7) is 6.84. The first-order valence-corrected chi connectivity index (χ1v) is 4.45. The van der Waals surface area contributed by atoms with Crippen LogP contribution in [0.3, 0.4) is 0 Å². The van der Waals surface area contributed by atoms with Gasteiger partial charge in [-0.25, -0.2) is 0 Å². The predicted octanol–water partition coefficient (Wildman–Crippen LogP) is 1.83. The van der Waals surface area contributed by atoms with Gasteiger partial charge in [0.2, 0.25) is 0 Å². The van der Waals surface area contributed by atoms with Crippen LogP contribution in [0.2, 0.25) is 0 Å². The Bertz CT molecular complexity index is 340. The molecular weight excluding hydrogens is 176 g/mol. The normalized spacial score (nSPS) is 11.4. The van der Waals surface area contributed by atoms with Crippen molar-refractivity contribution in [1.82, 2.24) is 5.32 Å². The quantitative estimate of drug-likeness (QED) is 0.773. The molecule has 0 unspecified atom stereocenters. The molecule has 1 amide bonds. The molecule has 1 atom stereocenters. The molecule has 3 heteroatoms. The zero-order chi connectivity index (χ0) is 10.4. The predicted molar refractivity (Wildman–Crippen MR) is 56.2 cm³/mol. The van der Waals surface area contributed by atoms with Gasteiger partial charge in [-0.3, -0.25) is 4.79 Å². The molecule has 0 bridgehead atoms. The van der Waals surface area contributed by atoms with Gasteiger partial charge in [0.25, 0.3) is 6.57 Å². The smallest absolute Gasteiger partial charge is 0.339 e. The lowest BCUT2D eigenvalue weighted by Gasteiger charge is -2.11. The van der Waals surface area contributed by atoms with Gasteiger partial charge in [-0.15, -0.1) is 0 Å². The molecule has 0 saturated heterocycles.